The average Bonchev–Trinajstić information content (AvgIpc) is 3.10. The van der Waals surface area contributed by atoms with Gasteiger partial charge < -0.3 is 19.2 Å². The number of allylic oxidation sites excluding steroid dienone is 2. The van der Waals surface area contributed by atoms with E-state index in [0.717, 1.165) is 13.2 Å². The minimum Gasteiger partial charge on any atom is -0.466 e. The van der Waals surface area contributed by atoms with Crippen LogP contribution in [0.15, 0.2) is 39.1 Å². The van der Waals surface area contributed by atoms with Crippen LogP contribution < -0.4 is 5.32 Å². The molecule has 0 aromatic carbocycles. The van der Waals surface area contributed by atoms with Crippen molar-refractivity contribution in [2.45, 2.75) is 19.8 Å². The number of nitro groups is 1. The molecule has 0 fully saturated rings. The van der Waals surface area contributed by atoms with Gasteiger partial charge in [-0.05, 0) is 19.9 Å². The molecule has 1 aliphatic heterocycles. The first-order valence-electron chi connectivity index (χ1n) is 7.52. The monoisotopic (exact) mass is 364 g/mol. The first-order valence-corrected chi connectivity index (χ1v) is 7.52. The van der Waals surface area contributed by atoms with Crippen molar-refractivity contribution in [2.75, 3.05) is 13.7 Å². The molecule has 1 unspecified atom stereocenters. The van der Waals surface area contributed by atoms with Gasteiger partial charge in [-0.1, -0.05) is 0 Å². The number of furan rings is 1. The molecular formula is C16H16N2O8. The molecule has 0 spiro atoms. The van der Waals surface area contributed by atoms with Crippen LogP contribution >= 0.6 is 0 Å². The maximum Gasteiger partial charge on any atom is 0.433 e. The third-order valence-corrected chi connectivity index (χ3v) is 3.69. The molecule has 0 radical (unpaired) electrons. The minimum absolute atomic E-state index is 0.0119. The zero-order valence-electron chi connectivity index (χ0n) is 14.2. The standard InChI is InChI=1S/C16H16N2O8/c1-4-25-16(21)12-8(2)17-9(7-19)13(15(20)24-3)14(12)10-5-6-11(26-10)18(22)23/h5-7,14,17H,4H2,1-3H3. The lowest BCUT2D eigenvalue weighted by molar-refractivity contribution is -0.402. The number of nitrogens with zero attached hydrogens (tertiary/aromatic N) is 1. The van der Waals surface area contributed by atoms with E-state index in [1.165, 1.54) is 13.0 Å². The number of esters is 2. The van der Waals surface area contributed by atoms with Gasteiger partial charge in [0.2, 0.25) is 0 Å². The zero-order valence-corrected chi connectivity index (χ0v) is 14.2. The Kier molecular flexibility index (Phi) is 5.55. The van der Waals surface area contributed by atoms with E-state index < -0.39 is 28.7 Å². The number of ether oxygens (including phenoxy) is 2. The summed E-state index contributed by atoms with van der Waals surface area (Å²) in [6.45, 7) is 3.18. The summed E-state index contributed by atoms with van der Waals surface area (Å²) in [6.07, 6.45) is 0.391. The van der Waals surface area contributed by atoms with E-state index in [1.54, 1.807) is 6.92 Å². The van der Waals surface area contributed by atoms with Crippen molar-refractivity contribution >= 4 is 24.1 Å². The van der Waals surface area contributed by atoms with Crippen LogP contribution in [0.4, 0.5) is 5.88 Å². The lowest BCUT2D eigenvalue weighted by Gasteiger charge is -2.27. The number of carbonyl (C=O) groups is 3. The number of hydrogen-bond donors (Lipinski definition) is 1. The van der Waals surface area contributed by atoms with Crippen LogP contribution in [0, 0.1) is 10.1 Å². The zero-order chi connectivity index (χ0) is 19.4. The van der Waals surface area contributed by atoms with Gasteiger partial charge in [0.25, 0.3) is 0 Å². The number of nitrogens with one attached hydrogen (secondary N) is 1. The molecule has 26 heavy (non-hydrogen) atoms. The maximum absolute atomic E-state index is 12.4. The van der Waals surface area contributed by atoms with Crippen LogP contribution in [-0.2, 0) is 23.9 Å². The molecule has 0 amide bonds. The smallest absolute Gasteiger partial charge is 0.433 e. The van der Waals surface area contributed by atoms with Gasteiger partial charge in [-0.15, -0.1) is 0 Å². The van der Waals surface area contributed by atoms with E-state index in [4.69, 9.17) is 13.9 Å². The number of aldehydes is 1. The summed E-state index contributed by atoms with van der Waals surface area (Å²) in [5.74, 6) is -3.49. The molecule has 10 nitrogen and oxygen atoms in total. The van der Waals surface area contributed by atoms with Crippen molar-refractivity contribution in [3.05, 3.63) is 50.5 Å². The Morgan fingerprint density at radius 1 is 1.35 bits per heavy atom. The highest BCUT2D eigenvalue weighted by atomic mass is 16.6. The van der Waals surface area contributed by atoms with Gasteiger partial charge in [-0.2, -0.15) is 0 Å². The molecule has 1 aliphatic rings. The summed E-state index contributed by atoms with van der Waals surface area (Å²) < 4.78 is 14.9. The molecule has 2 rings (SSSR count). The second kappa shape index (κ2) is 7.64. The van der Waals surface area contributed by atoms with Crippen molar-refractivity contribution in [1.82, 2.24) is 5.32 Å². The second-order valence-corrected chi connectivity index (χ2v) is 5.19. The predicted molar refractivity (Wildman–Crippen MR) is 85.7 cm³/mol. The SMILES string of the molecule is CCOC(=O)C1=C(C)NC(C=O)=C(C(=O)OC)C1c1ccc([N+](=O)[O-])o1. The van der Waals surface area contributed by atoms with Crippen LogP contribution in [0.5, 0.6) is 0 Å². The van der Waals surface area contributed by atoms with Crippen LogP contribution in [0.3, 0.4) is 0 Å². The lowest BCUT2D eigenvalue weighted by Crippen LogP contribution is -2.33. The molecule has 0 aliphatic carbocycles. The average molecular weight is 364 g/mol. The van der Waals surface area contributed by atoms with Crippen LogP contribution in [-0.4, -0.2) is 36.9 Å². The number of hydrogen-bond acceptors (Lipinski definition) is 9. The fraction of sp³-hybridized carbons (Fsp3) is 0.312. The Balaban J connectivity index is 2.70. The predicted octanol–water partition coefficient (Wildman–Crippen LogP) is 1.34. The van der Waals surface area contributed by atoms with Gasteiger partial charge in [0.15, 0.2) is 6.29 Å². The summed E-state index contributed by atoms with van der Waals surface area (Å²) in [6, 6.07) is 2.34. The lowest BCUT2D eigenvalue weighted by atomic mass is 9.83. The third-order valence-electron chi connectivity index (χ3n) is 3.69. The Hall–Kier alpha value is -3.43. The van der Waals surface area contributed by atoms with E-state index in [1.807, 2.05) is 0 Å². The molecule has 1 N–H and O–H groups in total. The summed E-state index contributed by atoms with van der Waals surface area (Å²) >= 11 is 0. The molecule has 10 heteroatoms. The molecule has 1 atom stereocenters. The van der Waals surface area contributed by atoms with E-state index in [2.05, 4.69) is 5.32 Å². The summed E-state index contributed by atoms with van der Waals surface area (Å²) in [7, 11) is 1.11. The van der Waals surface area contributed by atoms with Gasteiger partial charge >= 0.3 is 17.8 Å². The largest absolute Gasteiger partial charge is 0.466 e. The van der Waals surface area contributed by atoms with Crippen LogP contribution in [0.25, 0.3) is 0 Å². The number of carbonyl (C=O) groups excluding carboxylic acids is 3. The Labute approximate surface area is 147 Å². The number of rotatable bonds is 6. The van der Waals surface area contributed by atoms with E-state index in [9.17, 15) is 24.5 Å². The Morgan fingerprint density at radius 2 is 2.04 bits per heavy atom. The first kappa shape index (κ1) is 18.9. The second-order valence-electron chi connectivity index (χ2n) is 5.19. The van der Waals surface area contributed by atoms with Gasteiger partial charge in [0, 0.05) is 5.70 Å². The summed E-state index contributed by atoms with van der Waals surface area (Å²) in [4.78, 5) is 46.3. The highest BCUT2D eigenvalue weighted by molar-refractivity contribution is 6.03. The van der Waals surface area contributed by atoms with E-state index in [-0.39, 0.29) is 34.9 Å². The fourth-order valence-corrected chi connectivity index (χ4v) is 2.64. The van der Waals surface area contributed by atoms with Crippen molar-refractivity contribution < 1.29 is 33.2 Å². The summed E-state index contributed by atoms with van der Waals surface area (Å²) in [5.41, 5.74) is -0.101. The molecule has 2 heterocycles. The molecule has 1 aromatic rings. The number of methoxy groups -OCH3 is 1. The Bertz CT molecular complexity index is 833. The molecular weight excluding hydrogens is 348 g/mol. The van der Waals surface area contributed by atoms with Crippen LogP contribution in [0.1, 0.15) is 25.5 Å². The topological polar surface area (TPSA) is 138 Å². The molecule has 0 bridgehead atoms. The van der Waals surface area contributed by atoms with Gasteiger partial charge in [0.1, 0.15) is 10.7 Å². The van der Waals surface area contributed by atoms with Gasteiger partial charge in [-0.3, -0.25) is 14.9 Å². The van der Waals surface area contributed by atoms with Gasteiger partial charge in [0.05, 0.1) is 42.5 Å². The molecule has 0 saturated carbocycles. The normalized spacial score (nSPS) is 16.8. The first-order chi connectivity index (χ1) is 12.3. The Morgan fingerprint density at radius 3 is 2.54 bits per heavy atom. The van der Waals surface area contributed by atoms with E-state index in [0.29, 0.717) is 6.29 Å². The maximum atomic E-state index is 12.4. The quantitative estimate of drug-likeness (QED) is 0.343. The highest BCUT2D eigenvalue weighted by Crippen LogP contribution is 2.40. The van der Waals surface area contributed by atoms with Crippen molar-refractivity contribution in [3.8, 4) is 0 Å². The summed E-state index contributed by atoms with van der Waals surface area (Å²) in [5, 5.41) is 13.6. The number of dihydropyridines is 1. The minimum atomic E-state index is -1.20. The third kappa shape index (κ3) is 3.34. The molecule has 1 aromatic heterocycles. The molecule has 138 valence electrons. The van der Waals surface area contributed by atoms with Gasteiger partial charge in [-0.25, -0.2) is 9.59 Å². The van der Waals surface area contributed by atoms with Crippen molar-refractivity contribution in [2.24, 2.45) is 0 Å². The van der Waals surface area contributed by atoms with E-state index >= 15 is 0 Å². The molecule has 0 saturated heterocycles. The van der Waals surface area contributed by atoms with Crippen LogP contribution in [0.2, 0.25) is 0 Å². The highest BCUT2D eigenvalue weighted by Gasteiger charge is 2.41. The van der Waals surface area contributed by atoms with Crippen molar-refractivity contribution in [1.29, 1.82) is 0 Å². The van der Waals surface area contributed by atoms with Crippen molar-refractivity contribution in [3.63, 3.8) is 0 Å². The fourth-order valence-electron chi connectivity index (χ4n) is 2.64.